The van der Waals surface area contributed by atoms with Gasteiger partial charge in [0, 0.05) is 31.2 Å². The second-order valence-corrected chi connectivity index (χ2v) is 10.3. The number of benzene rings is 2. The van der Waals surface area contributed by atoms with E-state index in [-0.39, 0.29) is 82.9 Å². The molecule has 220 valence electrons. The van der Waals surface area contributed by atoms with Crippen molar-refractivity contribution in [3.63, 3.8) is 0 Å². The molecule has 2 aromatic rings. The molecule has 3 rings (SSSR count). The normalized spacial score (nSPS) is 13.1. The fourth-order valence-corrected chi connectivity index (χ4v) is 5.03. The molecule has 0 saturated heterocycles. The number of hydrogen-bond donors (Lipinski definition) is 3. The highest BCUT2D eigenvalue weighted by atomic mass is 32.1. The van der Waals surface area contributed by atoms with Gasteiger partial charge in [-0.05, 0) is 47.4 Å². The van der Waals surface area contributed by atoms with Crippen molar-refractivity contribution in [1.82, 2.24) is 10.6 Å². The number of nitrogens with one attached hydrogen (secondary N) is 2. The molecule has 0 aliphatic heterocycles. The van der Waals surface area contributed by atoms with Crippen molar-refractivity contribution >= 4 is 50.7 Å². The zero-order valence-electron chi connectivity index (χ0n) is 23.5. The van der Waals surface area contributed by atoms with Crippen LogP contribution in [-0.4, -0.2) is 42.9 Å². The van der Waals surface area contributed by atoms with Crippen LogP contribution in [0.25, 0.3) is 11.1 Å². The Labute approximate surface area is 251 Å². The Morgan fingerprint density at radius 2 is 1.52 bits per heavy atom. The molecule has 8 nitrogen and oxygen atoms in total. The molecule has 4 N–H and O–H groups in total. The maximum absolute atomic E-state index is 13.0. The van der Waals surface area contributed by atoms with Crippen LogP contribution in [0.3, 0.4) is 0 Å². The molecule has 2 aromatic carbocycles. The summed E-state index contributed by atoms with van der Waals surface area (Å²) in [5.41, 5.74) is 10.1. The molecule has 0 radical (unpaired) electrons. The quantitative estimate of drug-likeness (QED) is 0.298. The molecular formula is C30H43N3O5S2. The SMILES string of the molecule is CCCC(=O)N[C@@H](CCNC(=O)OCC1c2ccccc2-c2ccccc21)C(=O)C[C@@H](CC(C)C)C(N)=O.S.S. The standard InChI is InChI=1S/C30H39N3O5.2H2S/c1-4-9-28(35)33-26(27(34)17-20(29(31)36)16-19(2)3)14-15-32-30(37)38-18-25-23-12-7-5-10-21(23)22-11-6-8-13-24(22)25;;/h5-8,10-13,19-20,25-26H,4,9,14-18H2,1-3H3,(H2,31,36)(H,32,37)(H,33,35);2*1H2/t20-,26+;;/m1../s1. The minimum atomic E-state index is -0.822. The highest BCUT2D eigenvalue weighted by Gasteiger charge is 2.30. The number of ether oxygens (including phenoxy) is 1. The Kier molecular flexibility index (Phi) is 14.9. The summed E-state index contributed by atoms with van der Waals surface area (Å²) in [5, 5.41) is 5.45. The number of ketones is 1. The first-order chi connectivity index (χ1) is 18.2. The lowest BCUT2D eigenvalue weighted by molar-refractivity contribution is -0.131. The molecule has 0 fully saturated rings. The van der Waals surface area contributed by atoms with Crippen molar-refractivity contribution in [1.29, 1.82) is 0 Å². The monoisotopic (exact) mass is 589 g/mol. The molecule has 0 heterocycles. The van der Waals surface area contributed by atoms with Gasteiger partial charge in [0.1, 0.15) is 6.61 Å². The average Bonchev–Trinajstić information content (AvgIpc) is 3.20. The summed E-state index contributed by atoms with van der Waals surface area (Å²) < 4.78 is 5.56. The van der Waals surface area contributed by atoms with Crippen LogP contribution < -0.4 is 16.4 Å². The molecule has 0 unspecified atom stereocenters. The number of rotatable bonds is 14. The van der Waals surface area contributed by atoms with Gasteiger partial charge in [-0.25, -0.2) is 4.79 Å². The van der Waals surface area contributed by atoms with E-state index in [0.717, 1.165) is 22.3 Å². The second kappa shape index (κ2) is 17.0. The molecule has 3 amide bonds. The molecule has 0 bridgehead atoms. The van der Waals surface area contributed by atoms with Crippen molar-refractivity contribution < 1.29 is 23.9 Å². The number of carbonyl (C=O) groups excluding carboxylic acids is 4. The van der Waals surface area contributed by atoms with Crippen molar-refractivity contribution in [3.05, 3.63) is 59.7 Å². The Morgan fingerprint density at radius 3 is 2.05 bits per heavy atom. The number of nitrogens with two attached hydrogens (primary N) is 1. The first kappa shape index (κ1) is 35.0. The first-order valence-corrected chi connectivity index (χ1v) is 13.4. The van der Waals surface area contributed by atoms with Crippen molar-refractivity contribution in [2.24, 2.45) is 17.6 Å². The minimum Gasteiger partial charge on any atom is -0.449 e. The van der Waals surface area contributed by atoms with Crippen LogP contribution in [0.2, 0.25) is 0 Å². The lowest BCUT2D eigenvalue weighted by atomic mass is 9.89. The average molecular weight is 590 g/mol. The number of primary amides is 1. The van der Waals surface area contributed by atoms with Crippen LogP contribution in [0.5, 0.6) is 0 Å². The van der Waals surface area contributed by atoms with Gasteiger partial charge >= 0.3 is 6.09 Å². The van der Waals surface area contributed by atoms with E-state index in [1.54, 1.807) is 0 Å². The van der Waals surface area contributed by atoms with Gasteiger partial charge in [-0.15, -0.1) is 0 Å². The Hall–Kier alpha value is -2.98. The summed E-state index contributed by atoms with van der Waals surface area (Å²) >= 11 is 0. The summed E-state index contributed by atoms with van der Waals surface area (Å²) in [4.78, 5) is 49.6. The number of fused-ring (bicyclic) bond motifs is 3. The molecule has 1 aliphatic carbocycles. The van der Waals surface area contributed by atoms with Crippen LogP contribution in [0.4, 0.5) is 4.79 Å². The predicted molar refractivity (Wildman–Crippen MR) is 167 cm³/mol. The number of amides is 3. The van der Waals surface area contributed by atoms with Crippen LogP contribution >= 0.6 is 27.0 Å². The third-order valence-electron chi connectivity index (χ3n) is 6.85. The van der Waals surface area contributed by atoms with Gasteiger partial charge in [0.2, 0.25) is 11.8 Å². The van der Waals surface area contributed by atoms with Gasteiger partial charge < -0.3 is 21.1 Å². The van der Waals surface area contributed by atoms with E-state index < -0.39 is 24.0 Å². The zero-order valence-corrected chi connectivity index (χ0v) is 25.5. The molecule has 1 aliphatic rings. The maximum Gasteiger partial charge on any atom is 0.407 e. The van der Waals surface area contributed by atoms with E-state index in [9.17, 15) is 19.2 Å². The van der Waals surface area contributed by atoms with Crippen LogP contribution in [0.15, 0.2) is 48.5 Å². The van der Waals surface area contributed by atoms with Gasteiger partial charge in [-0.1, -0.05) is 69.3 Å². The van der Waals surface area contributed by atoms with Gasteiger partial charge in [0.25, 0.3) is 0 Å². The van der Waals surface area contributed by atoms with Crippen LogP contribution in [-0.2, 0) is 19.1 Å². The third kappa shape index (κ3) is 9.59. The highest BCUT2D eigenvalue weighted by molar-refractivity contribution is 7.59. The summed E-state index contributed by atoms with van der Waals surface area (Å²) in [7, 11) is 0. The Bertz CT molecular complexity index is 1110. The minimum absolute atomic E-state index is 0. The van der Waals surface area contributed by atoms with Crippen LogP contribution in [0.1, 0.15) is 69.9 Å². The number of Topliss-reactive ketones (excluding diaryl/α,β-unsaturated/α-hetero) is 1. The summed E-state index contributed by atoms with van der Waals surface area (Å²) in [6.07, 6.45) is 0.972. The Morgan fingerprint density at radius 1 is 0.950 bits per heavy atom. The molecule has 40 heavy (non-hydrogen) atoms. The summed E-state index contributed by atoms with van der Waals surface area (Å²) in [5.74, 6) is -1.49. The summed E-state index contributed by atoms with van der Waals surface area (Å²) in [6, 6.07) is 15.4. The topological polar surface area (TPSA) is 128 Å². The molecule has 0 aromatic heterocycles. The van der Waals surface area contributed by atoms with Crippen molar-refractivity contribution in [2.45, 2.75) is 64.8 Å². The molecule has 0 saturated carbocycles. The molecule has 10 heteroatoms. The van der Waals surface area contributed by atoms with E-state index in [2.05, 4.69) is 34.9 Å². The van der Waals surface area contributed by atoms with Gasteiger partial charge in [0.15, 0.2) is 5.78 Å². The van der Waals surface area contributed by atoms with E-state index in [0.29, 0.717) is 12.8 Å². The maximum atomic E-state index is 13.0. The van der Waals surface area contributed by atoms with Crippen LogP contribution in [0, 0.1) is 11.8 Å². The van der Waals surface area contributed by atoms with E-state index >= 15 is 0 Å². The molecule has 2 atom stereocenters. The number of alkyl carbamates (subject to hydrolysis) is 1. The van der Waals surface area contributed by atoms with Gasteiger partial charge in [0.05, 0.1) is 6.04 Å². The number of carbonyl (C=O) groups is 4. The first-order valence-electron chi connectivity index (χ1n) is 13.4. The predicted octanol–water partition coefficient (Wildman–Crippen LogP) is 4.53. The van der Waals surface area contributed by atoms with E-state index in [1.807, 2.05) is 45.0 Å². The van der Waals surface area contributed by atoms with Crippen molar-refractivity contribution in [3.8, 4) is 11.1 Å². The fraction of sp³-hybridized carbons (Fsp3) is 0.467. The molecule has 0 spiro atoms. The largest absolute Gasteiger partial charge is 0.449 e. The number of hydrogen-bond acceptors (Lipinski definition) is 5. The van der Waals surface area contributed by atoms with Gasteiger partial charge in [-0.3, -0.25) is 14.4 Å². The third-order valence-corrected chi connectivity index (χ3v) is 6.85. The lowest BCUT2D eigenvalue weighted by Crippen LogP contribution is -2.44. The molecular weight excluding hydrogens is 546 g/mol. The fourth-order valence-electron chi connectivity index (χ4n) is 5.03. The Balaban J connectivity index is 0.00000400. The highest BCUT2D eigenvalue weighted by Crippen LogP contribution is 2.44. The van der Waals surface area contributed by atoms with E-state index in [4.69, 9.17) is 10.5 Å². The second-order valence-electron chi connectivity index (χ2n) is 10.3. The summed E-state index contributed by atoms with van der Waals surface area (Å²) in [6.45, 7) is 6.11. The van der Waals surface area contributed by atoms with Crippen molar-refractivity contribution in [2.75, 3.05) is 13.2 Å². The van der Waals surface area contributed by atoms with Gasteiger partial charge in [-0.2, -0.15) is 27.0 Å². The lowest BCUT2D eigenvalue weighted by Gasteiger charge is -2.21. The zero-order chi connectivity index (χ0) is 27.7. The smallest absolute Gasteiger partial charge is 0.407 e. The van der Waals surface area contributed by atoms with E-state index in [1.165, 1.54) is 0 Å².